The van der Waals surface area contributed by atoms with E-state index in [0.29, 0.717) is 5.75 Å². The van der Waals surface area contributed by atoms with Gasteiger partial charge in [0.25, 0.3) is 0 Å². The van der Waals surface area contributed by atoms with Crippen molar-refractivity contribution in [1.82, 2.24) is 10.3 Å². The van der Waals surface area contributed by atoms with E-state index >= 15 is 0 Å². The fraction of sp³-hybridized carbons (Fsp3) is 0.500. The average Bonchev–Trinajstić information content (AvgIpc) is 2.59. The molecule has 4 nitrogen and oxygen atoms in total. The van der Waals surface area contributed by atoms with Gasteiger partial charge in [-0.1, -0.05) is 0 Å². The van der Waals surface area contributed by atoms with Gasteiger partial charge >= 0.3 is 0 Å². The number of rotatable bonds is 6. The van der Waals surface area contributed by atoms with Gasteiger partial charge < -0.3 is 14.8 Å². The Morgan fingerprint density at radius 2 is 2.18 bits per heavy atom. The second-order valence-corrected chi connectivity index (χ2v) is 5.77. The van der Waals surface area contributed by atoms with Crippen molar-refractivity contribution in [3.63, 3.8) is 0 Å². The van der Waals surface area contributed by atoms with Gasteiger partial charge in [0.15, 0.2) is 11.5 Å². The van der Waals surface area contributed by atoms with E-state index in [4.69, 9.17) is 9.47 Å². The van der Waals surface area contributed by atoms with E-state index in [-0.39, 0.29) is 0 Å². The molecule has 0 spiro atoms. The summed E-state index contributed by atoms with van der Waals surface area (Å²) >= 11 is 0. The van der Waals surface area contributed by atoms with Crippen molar-refractivity contribution in [2.45, 2.75) is 25.7 Å². The minimum Gasteiger partial charge on any atom is -0.491 e. The topological polar surface area (TPSA) is 43.4 Å². The van der Waals surface area contributed by atoms with Crippen LogP contribution in [0.2, 0.25) is 0 Å². The highest BCUT2D eigenvalue weighted by Gasteiger charge is 2.13. The number of nitrogens with one attached hydrogen (secondary N) is 1. The number of fused-ring (bicyclic) bond motifs is 1. The standard InChI is InChI=1S/C18H23N2O2/c1-21-18-16(7-6-15-5-2-10-20-17(15)18)22-13-3-4-14-8-11-19-12-9-14/h2,6-7,10,14,19H,3-4,8-9,11-13H2,1H3. The second kappa shape index (κ2) is 7.45. The molecule has 0 atom stereocenters. The first kappa shape index (κ1) is 15.1. The Bertz CT molecular complexity index is 609. The number of pyridine rings is 1. The minimum absolute atomic E-state index is 0.705. The van der Waals surface area contributed by atoms with Crippen molar-refractivity contribution in [3.8, 4) is 11.5 Å². The third kappa shape index (κ3) is 3.50. The number of benzene rings is 1. The summed E-state index contributed by atoms with van der Waals surface area (Å²) in [5.74, 6) is 2.32. The van der Waals surface area contributed by atoms with Crippen LogP contribution in [-0.2, 0) is 0 Å². The summed E-state index contributed by atoms with van der Waals surface area (Å²) < 4.78 is 11.4. The monoisotopic (exact) mass is 299 g/mol. The SMILES string of the molecule is COc1c(OCCCC2CCNCC2)ccc2[c]ccnc12. The molecule has 4 heteroatoms. The summed E-state index contributed by atoms with van der Waals surface area (Å²) in [7, 11) is 1.66. The number of aromatic nitrogens is 1. The van der Waals surface area contributed by atoms with E-state index in [1.807, 2.05) is 12.1 Å². The Labute approximate surface area is 131 Å². The highest BCUT2D eigenvalue weighted by molar-refractivity contribution is 5.86. The van der Waals surface area contributed by atoms with E-state index in [1.165, 1.54) is 19.3 Å². The van der Waals surface area contributed by atoms with Gasteiger partial charge in [0.2, 0.25) is 0 Å². The molecule has 1 aromatic carbocycles. The lowest BCUT2D eigenvalue weighted by Gasteiger charge is -2.22. The van der Waals surface area contributed by atoms with Crippen molar-refractivity contribution < 1.29 is 9.47 Å². The van der Waals surface area contributed by atoms with Gasteiger partial charge in [-0.3, -0.25) is 4.98 Å². The van der Waals surface area contributed by atoms with E-state index in [9.17, 15) is 0 Å². The summed E-state index contributed by atoms with van der Waals surface area (Å²) in [6.45, 7) is 3.04. The van der Waals surface area contributed by atoms with Crippen LogP contribution in [0.4, 0.5) is 0 Å². The molecule has 1 saturated heterocycles. The molecule has 3 rings (SSSR count). The van der Waals surface area contributed by atoms with Crippen molar-refractivity contribution in [2.24, 2.45) is 5.92 Å². The molecule has 1 aliphatic heterocycles. The Balaban J connectivity index is 1.59. The molecule has 2 heterocycles. The Morgan fingerprint density at radius 3 is 3.00 bits per heavy atom. The van der Waals surface area contributed by atoms with E-state index in [2.05, 4.69) is 16.4 Å². The van der Waals surface area contributed by atoms with Crippen LogP contribution in [0, 0.1) is 12.0 Å². The van der Waals surface area contributed by atoms with Gasteiger partial charge in [-0.05, 0) is 69.0 Å². The third-order valence-corrected chi connectivity index (χ3v) is 4.29. The van der Waals surface area contributed by atoms with Crippen LogP contribution in [0.5, 0.6) is 11.5 Å². The van der Waals surface area contributed by atoms with Crippen LogP contribution in [-0.4, -0.2) is 31.8 Å². The lowest BCUT2D eigenvalue weighted by molar-refractivity contribution is 0.263. The fourth-order valence-corrected chi connectivity index (χ4v) is 3.07. The number of ether oxygens (including phenoxy) is 2. The molecule has 0 saturated carbocycles. The van der Waals surface area contributed by atoms with Crippen LogP contribution in [0.3, 0.4) is 0 Å². The maximum absolute atomic E-state index is 5.93. The number of hydrogen-bond donors (Lipinski definition) is 1. The first-order valence-electron chi connectivity index (χ1n) is 8.05. The minimum atomic E-state index is 0.705. The third-order valence-electron chi connectivity index (χ3n) is 4.29. The van der Waals surface area contributed by atoms with Crippen LogP contribution in [0.15, 0.2) is 24.4 Å². The molecule has 1 aromatic heterocycles. The van der Waals surface area contributed by atoms with Crippen molar-refractivity contribution in [1.29, 1.82) is 0 Å². The quantitative estimate of drug-likeness (QED) is 0.832. The van der Waals surface area contributed by atoms with Crippen molar-refractivity contribution in [3.05, 3.63) is 30.5 Å². The summed E-state index contributed by atoms with van der Waals surface area (Å²) in [6, 6.07) is 8.89. The second-order valence-electron chi connectivity index (χ2n) is 5.77. The summed E-state index contributed by atoms with van der Waals surface area (Å²) in [5, 5.41) is 4.35. The van der Waals surface area contributed by atoms with Gasteiger partial charge in [-0.25, -0.2) is 0 Å². The molecule has 1 fully saturated rings. The molecule has 22 heavy (non-hydrogen) atoms. The molecular formula is C18H23N2O2. The molecule has 2 aromatic rings. The zero-order valence-corrected chi connectivity index (χ0v) is 13.1. The molecule has 1 radical (unpaired) electrons. The molecule has 0 bridgehead atoms. The summed E-state index contributed by atoms with van der Waals surface area (Å²) in [4.78, 5) is 4.37. The van der Waals surface area contributed by atoms with Crippen molar-refractivity contribution >= 4 is 10.9 Å². The van der Waals surface area contributed by atoms with Crippen LogP contribution in [0.1, 0.15) is 25.7 Å². The van der Waals surface area contributed by atoms with E-state index < -0.39 is 0 Å². The smallest absolute Gasteiger partial charge is 0.187 e. The van der Waals surface area contributed by atoms with Crippen molar-refractivity contribution in [2.75, 3.05) is 26.8 Å². The molecular weight excluding hydrogens is 276 g/mol. The number of piperidine rings is 1. The maximum Gasteiger partial charge on any atom is 0.187 e. The van der Waals surface area contributed by atoms with Crippen LogP contribution in [0.25, 0.3) is 10.9 Å². The predicted octanol–water partition coefficient (Wildman–Crippen LogP) is 3.20. The highest BCUT2D eigenvalue weighted by atomic mass is 16.5. The average molecular weight is 299 g/mol. The molecule has 0 amide bonds. The molecule has 117 valence electrons. The summed E-state index contributed by atoms with van der Waals surface area (Å²) in [6.07, 6.45) is 6.63. The molecule has 0 unspecified atom stereocenters. The zero-order valence-electron chi connectivity index (χ0n) is 13.1. The van der Waals surface area contributed by atoms with E-state index in [1.54, 1.807) is 19.4 Å². The predicted molar refractivity (Wildman–Crippen MR) is 87.5 cm³/mol. The number of nitrogens with zero attached hydrogens (tertiary/aromatic N) is 1. The zero-order chi connectivity index (χ0) is 15.2. The van der Waals surface area contributed by atoms with Gasteiger partial charge in [-0.2, -0.15) is 0 Å². The Hall–Kier alpha value is -1.81. The van der Waals surface area contributed by atoms with Gasteiger partial charge in [0.05, 0.1) is 13.7 Å². The van der Waals surface area contributed by atoms with Gasteiger partial charge in [0, 0.05) is 11.6 Å². The van der Waals surface area contributed by atoms with Crippen LogP contribution < -0.4 is 14.8 Å². The Morgan fingerprint density at radius 1 is 1.32 bits per heavy atom. The summed E-state index contributed by atoms with van der Waals surface area (Å²) in [5.41, 5.74) is 0.806. The maximum atomic E-state index is 5.93. The molecule has 1 aliphatic rings. The fourth-order valence-electron chi connectivity index (χ4n) is 3.07. The lowest BCUT2D eigenvalue weighted by Crippen LogP contribution is -2.27. The lowest BCUT2D eigenvalue weighted by atomic mass is 9.93. The largest absolute Gasteiger partial charge is 0.491 e. The number of methoxy groups -OCH3 is 1. The highest BCUT2D eigenvalue weighted by Crippen LogP contribution is 2.34. The van der Waals surface area contributed by atoms with Gasteiger partial charge in [-0.15, -0.1) is 0 Å². The first-order valence-corrected chi connectivity index (χ1v) is 8.05. The molecule has 0 aliphatic carbocycles. The normalized spacial score (nSPS) is 15.9. The van der Waals surface area contributed by atoms with Crippen LogP contribution >= 0.6 is 0 Å². The first-order chi connectivity index (χ1) is 10.9. The number of hydrogen-bond acceptors (Lipinski definition) is 4. The van der Waals surface area contributed by atoms with Gasteiger partial charge in [0.1, 0.15) is 5.52 Å². The van der Waals surface area contributed by atoms with E-state index in [0.717, 1.165) is 48.7 Å². The Kier molecular flexibility index (Phi) is 5.11. The molecule has 1 N–H and O–H groups in total.